The van der Waals surface area contributed by atoms with Crippen molar-refractivity contribution in [1.82, 2.24) is 9.38 Å². The summed E-state index contributed by atoms with van der Waals surface area (Å²) in [5, 5.41) is 0. The molecule has 3 heteroatoms. The topological polar surface area (TPSA) is 37.3 Å². The molecule has 0 saturated carbocycles. The Bertz CT molecular complexity index is 735. The standard InChI is InChI=1S/C15H14N2O/c1-11-5-7-12(8-6-11)9-13-10-17-14(16-13)3-2-4-15(17)18/h2-8,10,16H,9H2,1H3. The van der Waals surface area contributed by atoms with E-state index in [0.717, 1.165) is 17.8 Å². The number of benzene rings is 1. The summed E-state index contributed by atoms with van der Waals surface area (Å²) in [5.74, 6) is 0. The van der Waals surface area contributed by atoms with Gasteiger partial charge in [0.2, 0.25) is 0 Å². The van der Waals surface area contributed by atoms with Crippen LogP contribution in [0, 0.1) is 6.92 Å². The SMILES string of the molecule is Cc1ccc(Cc2cn3c(=O)cccc3[nH]2)cc1. The molecule has 0 aliphatic rings. The Hall–Kier alpha value is -2.29. The highest BCUT2D eigenvalue weighted by Gasteiger charge is 2.02. The lowest BCUT2D eigenvalue weighted by molar-refractivity contribution is 1.09. The summed E-state index contributed by atoms with van der Waals surface area (Å²) in [6.07, 6.45) is 2.68. The van der Waals surface area contributed by atoms with Crippen LogP contribution >= 0.6 is 0 Å². The minimum Gasteiger partial charge on any atom is -0.343 e. The molecular weight excluding hydrogens is 224 g/mol. The van der Waals surface area contributed by atoms with Crippen molar-refractivity contribution in [2.45, 2.75) is 13.3 Å². The zero-order chi connectivity index (χ0) is 12.5. The highest BCUT2D eigenvalue weighted by atomic mass is 16.1. The van der Waals surface area contributed by atoms with Crippen LogP contribution < -0.4 is 5.56 Å². The van der Waals surface area contributed by atoms with Gasteiger partial charge in [0.25, 0.3) is 5.56 Å². The van der Waals surface area contributed by atoms with Crippen LogP contribution in [0.2, 0.25) is 0 Å². The predicted octanol–water partition coefficient (Wildman–Crippen LogP) is 2.53. The van der Waals surface area contributed by atoms with Gasteiger partial charge in [0.1, 0.15) is 5.65 Å². The first-order chi connectivity index (χ1) is 8.72. The molecule has 2 heterocycles. The lowest BCUT2D eigenvalue weighted by Crippen LogP contribution is -2.08. The maximum Gasteiger partial charge on any atom is 0.256 e. The minimum absolute atomic E-state index is 0.00101. The molecule has 0 fully saturated rings. The number of rotatable bonds is 2. The van der Waals surface area contributed by atoms with E-state index in [1.165, 1.54) is 11.1 Å². The van der Waals surface area contributed by atoms with Crippen LogP contribution in [0.1, 0.15) is 16.8 Å². The van der Waals surface area contributed by atoms with Gasteiger partial charge in [0, 0.05) is 24.4 Å². The first-order valence-electron chi connectivity index (χ1n) is 5.97. The molecular formula is C15H14N2O. The number of aromatic amines is 1. The second-order valence-electron chi connectivity index (χ2n) is 4.56. The van der Waals surface area contributed by atoms with Crippen molar-refractivity contribution >= 4 is 5.65 Å². The van der Waals surface area contributed by atoms with E-state index < -0.39 is 0 Å². The monoisotopic (exact) mass is 238 g/mol. The molecule has 3 rings (SSSR count). The summed E-state index contributed by atoms with van der Waals surface area (Å²) >= 11 is 0. The van der Waals surface area contributed by atoms with E-state index in [2.05, 4.69) is 36.2 Å². The highest BCUT2D eigenvalue weighted by Crippen LogP contribution is 2.10. The van der Waals surface area contributed by atoms with Gasteiger partial charge in [0.15, 0.2) is 0 Å². The quantitative estimate of drug-likeness (QED) is 0.732. The maximum atomic E-state index is 11.6. The first kappa shape index (κ1) is 10.8. The van der Waals surface area contributed by atoms with Crippen molar-refractivity contribution in [3.8, 4) is 0 Å². The Morgan fingerprint density at radius 2 is 1.89 bits per heavy atom. The van der Waals surface area contributed by atoms with Gasteiger partial charge in [0.05, 0.1) is 0 Å². The smallest absolute Gasteiger partial charge is 0.256 e. The Kier molecular flexibility index (Phi) is 2.52. The van der Waals surface area contributed by atoms with E-state index in [-0.39, 0.29) is 5.56 Å². The molecule has 1 N–H and O–H groups in total. The lowest BCUT2D eigenvalue weighted by atomic mass is 10.1. The molecule has 0 amide bonds. The number of imidazole rings is 1. The van der Waals surface area contributed by atoms with Crippen LogP contribution in [-0.2, 0) is 6.42 Å². The molecule has 0 unspecified atom stereocenters. The van der Waals surface area contributed by atoms with Gasteiger partial charge in [-0.2, -0.15) is 0 Å². The van der Waals surface area contributed by atoms with Crippen molar-refractivity contribution in [1.29, 1.82) is 0 Å². The number of pyridine rings is 1. The van der Waals surface area contributed by atoms with Gasteiger partial charge in [-0.05, 0) is 18.6 Å². The average molecular weight is 238 g/mol. The molecule has 3 aromatic rings. The van der Waals surface area contributed by atoms with Crippen LogP contribution in [0.5, 0.6) is 0 Å². The molecule has 0 atom stereocenters. The molecule has 0 bridgehead atoms. The Morgan fingerprint density at radius 3 is 2.61 bits per heavy atom. The van der Waals surface area contributed by atoms with Crippen LogP contribution in [0.3, 0.4) is 0 Å². The molecule has 18 heavy (non-hydrogen) atoms. The molecule has 0 saturated heterocycles. The van der Waals surface area contributed by atoms with Crippen LogP contribution in [0.25, 0.3) is 5.65 Å². The molecule has 0 radical (unpaired) electrons. The summed E-state index contributed by atoms with van der Waals surface area (Å²) in [6.45, 7) is 2.08. The second kappa shape index (κ2) is 4.18. The number of nitrogens with zero attached hydrogens (tertiary/aromatic N) is 1. The van der Waals surface area contributed by atoms with Crippen molar-refractivity contribution < 1.29 is 0 Å². The number of aromatic nitrogens is 2. The zero-order valence-corrected chi connectivity index (χ0v) is 10.2. The molecule has 1 aromatic carbocycles. The van der Waals surface area contributed by atoms with Gasteiger partial charge in [-0.25, -0.2) is 0 Å². The number of hydrogen-bond acceptors (Lipinski definition) is 1. The van der Waals surface area contributed by atoms with Crippen molar-refractivity contribution in [3.05, 3.63) is 75.8 Å². The molecule has 90 valence electrons. The molecule has 0 spiro atoms. The van der Waals surface area contributed by atoms with Gasteiger partial charge in [-0.3, -0.25) is 9.20 Å². The van der Waals surface area contributed by atoms with Crippen molar-refractivity contribution in [3.63, 3.8) is 0 Å². The fourth-order valence-electron chi connectivity index (χ4n) is 2.10. The van der Waals surface area contributed by atoms with Gasteiger partial charge >= 0.3 is 0 Å². The van der Waals surface area contributed by atoms with Crippen molar-refractivity contribution in [2.75, 3.05) is 0 Å². The third-order valence-electron chi connectivity index (χ3n) is 3.08. The van der Waals surface area contributed by atoms with Gasteiger partial charge < -0.3 is 4.98 Å². The number of nitrogens with one attached hydrogen (secondary N) is 1. The van der Waals surface area contributed by atoms with Crippen LogP contribution in [-0.4, -0.2) is 9.38 Å². The number of hydrogen-bond donors (Lipinski definition) is 1. The summed E-state index contributed by atoms with van der Waals surface area (Å²) in [7, 11) is 0. The normalized spacial score (nSPS) is 10.9. The van der Waals surface area contributed by atoms with Crippen LogP contribution in [0.15, 0.2) is 53.5 Å². The van der Waals surface area contributed by atoms with Gasteiger partial charge in [-0.15, -0.1) is 0 Å². The van der Waals surface area contributed by atoms with E-state index in [9.17, 15) is 4.79 Å². The molecule has 0 aliphatic heterocycles. The molecule has 0 aliphatic carbocycles. The molecule has 2 aromatic heterocycles. The number of fused-ring (bicyclic) bond motifs is 1. The van der Waals surface area contributed by atoms with E-state index in [4.69, 9.17) is 0 Å². The largest absolute Gasteiger partial charge is 0.343 e. The minimum atomic E-state index is -0.00101. The van der Waals surface area contributed by atoms with E-state index in [1.807, 2.05) is 12.3 Å². The summed E-state index contributed by atoms with van der Waals surface area (Å²) < 4.78 is 1.64. The lowest BCUT2D eigenvalue weighted by Gasteiger charge is -1.99. The van der Waals surface area contributed by atoms with Crippen molar-refractivity contribution in [2.24, 2.45) is 0 Å². The Morgan fingerprint density at radius 1 is 1.11 bits per heavy atom. The summed E-state index contributed by atoms with van der Waals surface area (Å²) in [4.78, 5) is 14.9. The first-order valence-corrected chi connectivity index (χ1v) is 5.97. The maximum absolute atomic E-state index is 11.6. The molecule has 3 nitrogen and oxygen atoms in total. The fourth-order valence-corrected chi connectivity index (χ4v) is 2.10. The van der Waals surface area contributed by atoms with E-state index in [1.54, 1.807) is 16.5 Å². The third-order valence-corrected chi connectivity index (χ3v) is 3.08. The Labute approximate surface area is 105 Å². The zero-order valence-electron chi connectivity index (χ0n) is 10.2. The summed E-state index contributed by atoms with van der Waals surface area (Å²) in [6, 6.07) is 13.7. The highest BCUT2D eigenvalue weighted by molar-refractivity contribution is 5.40. The van der Waals surface area contributed by atoms with Gasteiger partial charge in [-0.1, -0.05) is 35.9 Å². The van der Waals surface area contributed by atoms with E-state index in [0.29, 0.717) is 0 Å². The fraction of sp³-hybridized carbons (Fsp3) is 0.133. The number of aryl methyl sites for hydroxylation is 1. The van der Waals surface area contributed by atoms with E-state index >= 15 is 0 Å². The third kappa shape index (κ3) is 1.95. The van der Waals surface area contributed by atoms with Crippen LogP contribution in [0.4, 0.5) is 0 Å². The number of H-pyrrole nitrogens is 1. The predicted molar refractivity (Wildman–Crippen MR) is 72.0 cm³/mol. The second-order valence-corrected chi connectivity index (χ2v) is 4.56. The average Bonchev–Trinajstić information content (AvgIpc) is 2.76. The Balaban J connectivity index is 1.98. The summed E-state index contributed by atoms with van der Waals surface area (Å²) in [5.41, 5.74) is 4.37.